The van der Waals surface area contributed by atoms with Gasteiger partial charge in [-0.25, -0.2) is 0 Å². The van der Waals surface area contributed by atoms with E-state index in [2.05, 4.69) is 19.2 Å². The molecule has 0 aromatic heterocycles. The second-order valence-corrected chi connectivity index (χ2v) is 4.99. The van der Waals surface area contributed by atoms with Gasteiger partial charge in [0.25, 0.3) is 0 Å². The molecule has 104 valence electrons. The van der Waals surface area contributed by atoms with Crippen LogP contribution in [-0.2, 0) is 16.0 Å². The van der Waals surface area contributed by atoms with E-state index >= 15 is 0 Å². The summed E-state index contributed by atoms with van der Waals surface area (Å²) in [6, 6.07) is 6.44. The molecule has 0 saturated heterocycles. The van der Waals surface area contributed by atoms with Crippen molar-refractivity contribution in [3.05, 3.63) is 29.8 Å². The molecule has 0 bridgehead atoms. The van der Waals surface area contributed by atoms with Gasteiger partial charge in [0.1, 0.15) is 0 Å². The number of aliphatic carboxylic acids is 1. The van der Waals surface area contributed by atoms with Crippen LogP contribution in [0.25, 0.3) is 0 Å². The molecule has 1 rings (SSSR count). The predicted octanol–water partition coefficient (Wildman–Crippen LogP) is 1.63. The number of carbonyl (C=O) groups excluding carboxylic acids is 1. The Kier molecular flexibility index (Phi) is 5.51. The largest absolute Gasteiger partial charge is 0.481 e. The molecule has 0 saturated carbocycles. The summed E-state index contributed by atoms with van der Waals surface area (Å²) in [4.78, 5) is 22.1. The molecular weight excluding hydrogens is 244 g/mol. The molecule has 5 heteroatoms. The maximum Gasteiger partial charge on any atom is 0.305 e. The maximum atomic E-state index is 11.6. The fourth-order valence-electron chi connectivity index (χ4n) is 1.71. The first kappa shape index (κ1) is 15.2. The van der Waals surface area contributed by atoms with E-state index in [1.165, 1.54) is 5.56 Å². The smallest absolute Gasteiger partial charge is 0.305 e. The van der Waals surface area contributed by atoms with Crippen molar-refractivity contribution in [2.75, 3.05) is 5.32 Å². The van der Waals surface area contributed by atoms with E-state index < -0.39 is 17.9 Å². The number of carboxylic acid groups (broad SMARTS) is 1. The van der Waals surface area contributed by atoms with E-state index in [-0.39, 0.29) is 6.42 Å². The standard InChI is InChI=1S/C14H20N2O3/c1-9(2)7-10-3-5-11(6-4-10)16-14(19)12(15)8-13(17)18/h3-6,9,12H,7-8,15H2,1-2H3,(H,16,19)(H,17,18). The first-order chi connectivity index (χ1) is 8.88. The number of benzene rings is 1. The van der Waals surface area contributed by atoms with Crippen molar-refractivity contribution in [2.45, 2.75) is 32.7 Å². The summed E-state index contributed by atoms with van der Waals surface area (Å²) >= 11 is 0. The van der Waals surface area contributed by atoms with Crippen molar-refractivity contribution in [3.8, 4) is 0 Å². The lowest BCUT2D eigenvalue weighted by atomic mass is 10.0. The lowest BCUT2D eigenvalue weighted by Gasteiger charge is -2.11. The Balaban J connectivity index is 2.57. The highest BCUT2D eigenvalue weighted by atomic mass is 16.4. The van der Waals surface area contributed by atoms with E-state index in [0.717, 1.165) is 6.42 Å². The van der Waals surface area contributed by atoms with Gasteiger partial charge in [0.15, 0.2) is 0 Å². The van der Waals surface area contributed by atoms with Crippen LogP contribution in [0, 0.1) is 5.92 Å². The van der Waals surface area contributed by atoms with Crippen LogP contribution in [0.2, 0.25) is 0 Å². The van der Waals surface area contributed by atoms with Crippen LogP contribution in [0.3, 0.4) is 0 Å². The minimum atomic E-state index is -1.09. The van der Waals surface area contributed by atoms with Gasteiger partial charge >= 0.3 is 5.97 Å². The Morgan fingerprint density at radius 3 is 2.32 bits per heavy atom. The number of hydrogen-bond donors (Lipinski definition) is 3. The Hall–Kier alpha value is -1.88. The van der Waals surface area contributed by atoms with Crippen LogP contribution in [-0.4, -0.2) is 23.0 Å². The summed E-state index contributed by atoms with van der Waals surface area (Å²) in [5.74, 6) is -1.00. The quantitative estimate of drug-likeness (QED) is 0.728. The highest BCUT2D eigenvalue weighted by Gasteiger charge is 2.16. The monoisotopic (exact) mass is 264 g/mol. The van der Waals surface area contributed by atoms with E-state index in [9.17, 15) is 9.59 Å². The van der Waals surface area contributed by atoms with Gasteiger partial charge in [0, 0.05) is 5.69 Å². The van der Waals surface area contributed by atoms with Crippen molar-refractivity contribution in [2.24, 2.45) is 11.7 Å². The van der Waals surface area contributed by atoms with E-state index in [0.29, 0.717) is 11.6 Å². The topological polar surface area (TPSA) is 92.4 Å². The van der Waals surface area contributed by atoms with E-state index in [4.69, 9.17) is 10.8 Å². The van der Waals surface area contributed by atoms with Crippen LogP contribution in [0.5, 0.6) is 0 Å². The minimum Gasteiger partial charge on any atom is -0.481 e. The van der Waals surface area contributed by atoms with Crippen molar-refractivity contribution in [3.63, 3.8) is 0 Å². The molecule has 0 aliphatic heterocycles. The van der Waals surface area contributed by atoms with Crippen LogP contribution < -0.4 is 11.1 Å². The molecule has 4 N–H and O–H groups in total. The molecule has 1 aromatic carbocycles. The SMILES string of the molecule is CC(C)Cc1ccc(NC(=O)C(N)CC(=O)O)cc1. The normalized spacial score (nSPS) is 12.2. The van der Waals surface area contributed by atoms with Crippen molar-refractivity contribution < 1.29 is 14.7 Å². The highest BCUT2D eigenvalue weighted by molar-refractivity contribution is 5.96. The molecule has 0 aliphatic rings. The van der Waals surface area contributed by atoms with Crippen molar-refractivity contribution in [1.29, 1.82) is 0 Å². The molecule has 19 heavy (non-hydrogen) atoms. The number of carboxylic acids is 1. The van der Waals surface area contributed by atoms with Crippen LogP contribution >= 0.6 is 0 Å². The second-order valence-electron chi connectivity index (χ2n) is 4.99. The van der Waals surface area contributed by atoms with Crippen molar-refractivity contribution >= 4 is 17.6 Å². The molecular formula is C14H20N2O3. The minimum absolute atomic E-state index is 0.378. The van der Waals surface area contributed by atoms with Gasteiger partial charge in [0.2, 0.25) is 5.91 Å². The lowest BCUT2D eigenvalue weighted by Crippen LogP contribution is -2.37. The Morgan fingerprint density at radius 1 is 1.26 bits per heavy atom. The predicted molar refractivity (Wildman–Crippen MR) is 73.8 cm³/mol. The van der Waals surface area contributed by atoms with Crippen LogP contribution in [0.15, 0.2) is 24.3 Å². The molecule has 1 amide bonds. The molecule has 1 atom stereocenters. The Morgan fingerprint density at radius 2 is 1.84 bits per heavy atom. The fourth-order valence-corrected chi connectivity index (χ4v) is 1.71. The lowest BCUT2D eigenvalue weighted by molar-refractivity contribution is -0.138. The molecule has 0 heterocycles. The van der Waals surface area contributed by atoms with Gasteiger partial charge < -0.3 is 16.2 Å². The Labute approximate surface area is 112 Å². The molecule has 5 nitrogen and oxygen atoms in total. The third kappa shape index (κ3) is 5.52. The number of nitrogens with one attached hydrogen (secondary N) is 1. The highest BCUT2D eigenvalue weighted by Crippen LogP contribution is 2.13. The van der Waals surface area contributed by atoms with Gasteiger partial charge in [-0.15, -0.1) is 0 Å². The zero-order valence-electron chi connectivity index (χ0n) is 11.2. The first-order valence-electron chi connectivity index (χ1n) is 6.25. The van der Waals surface area contributed by atoms with Gasteiger partial charge in [-0.1, -0.05) is 26.0 Å². The summed E-state index contributed by atoms with van der Waals surface area (Å²) < 4.78 is 0. The molecule has 0 fully saturated rings. The molecule has 1 aromatic rings. The fraction of sp³-hybridized carbons (Fsp3) is 0.429. The average molecular weight is 264 g/mol. The molecule has 0 spiro atoms. The zero-order chi connectivity index (χ0) is 14.4. The van der Waals surface area contributed by atoms with Crippen molar-refractivity contribution in [1.82, 2.24) is 0 Å². The van der Waals surface area contributed by atoms with Crippen LogP contribution in [0.4, 0.5) is 5.69 Å². The maximum absolute atomic E-state index is 11.6. The third-order valence-corrected chi connectivity index (χ3v) is 2.60. The molecule has 0 radical (unpaired) electrons. The average Bonchev–Trinajstić information content (AvgIpc) is 2.30. The number of hydrogen-bond acceptors (Lipinski definition) is 3. The summed E-state index contributed by atoms with van der Waals surface area (Å²) in [7, 11) is 0. The van der Waals surface area contributed by atoms with Gasteiger partial charge in [-0.3, -0.25) is 9.59 Å². The third-order valence-electron chi connectivity index (χ3n) is 2.60. The number of amides is 1. The summed E-state index contributed by atoms with van der Waals surface area (Å²) in [6.07, 6.45) is 0.601. The van der Waals surface area contributed by atoms with Gasteiger partial charge in [0.05, 0.1) is 12.5 Å². The summed E-state index contributed by atoms with van der Waals surface area (Å²) in [6.45, 7) is 4.28. The molecule has 0 aliphatic carbocycles. The Bertz CT molecular complexity index is 441. The number of carbonyl (C=O) groups is 2. The number of nitrogens with two attached hydrogens (primary N) is 1. The summed E-state index contributed by atoms with van der Waals surface area (Å²) in [5, 5.41) is 11.2. The molecule has 1 unspecified atom stereocenters. The first-order valence-corrected chi connectivity index (χ1v) is 6.25. The number of anilines is 1. The van der Waals surface area contributed by atoms with E-state index in [1.807, 2.05) is 12.1 Å². The summed E-state index contributed by atoms with van der Waals surface area (Å²) in [5.41, 5.74) is 7.29. The zero-order valence-corrected chi connectivity index (χ0v) is 11.2. The van der Waals surface area contributed by atoms with Gasteiger partial charge in [-0.2, -0.15) is 0 Å². The number of rotatable bonds is 6. The van der Waals surface area contributed by atoms with Crippen LogP contribution in [0.1, 0.15) is 25.8 Å². The van der Waals surface area contributed by atoms with E-state index in [1.54, 1.807) is 12.1 Å². The van der Waals surface area contributed by atoms with Gasteiger partial charge in [-0.05, 0) is 30.0 Å². The second kappa shape index (κ2) is 6.89.